The van der Waals surface area contributed by atoms with E-state index in [4.69, 9.17) is 9.47 Å². The van der Waals surface area contributed by atoms with Gasteiger partial charge in [-0.15, -0.1) is 0 Å². The van der Waals surface area contributed by atoms with E-state index in [0.717, 1.165) is 17.7 Å². The number of nitrogens with one attached hydrogen (secondary N) is 1. The Balaban J connectivity index is 2.17. The lowest BCUT2D eigenvalue weighted by Crippen LogP contribution is -2.33. The van der Waals surface area contributed by atoms with Crippen molar-refractivity contribution in [2.24, 2.45) is 0 Å². The number of hydrogen-bond donors (Lipinski definition) is 1. The molecule has 0 saturated carbocycles. The van der Waals surface area contributed by atoms with Crippen molar-refractivity contribution in [3.8, 4) is 5.75 Å². The summed E-state index contributed by atoms with van der Waals surface area (Å²) in [6, 6.07) is 7.59. The van der Waals surface area contributed by atoms with Crippen LogP contribution in [0.5, 0.6) is 5.75 Å². The maximum absolute atomic E-state index is 11.8. The predicted octanol–water partition coefficient (Wildman–Crippen LogP) is 2.01. The molecule has 1 amide bonds. The fraction of sp³-hybridized carbons (Fsp3) is 0.500. The van der Waals surface area contributed by atoms with E-state index in [9.17, 15) is 9.59 Å². The lowest BCUT2D eigenvalue weighted by Gasteiger charge is -2.23. The lowest BCUT2D eigenvalue weighted by molar-refractivity contribution is -0.143. The first-order valence-electron chi connectivity index (χ1n) is 7.23. The highest BCUT2D eigenvalue weighted by atomic mass is 16.5. The molecule has 1 aromatic rings. The molecule has 114 valence electrons. The average Bonchev–Trinajstić information content (AvgIpc) is 2.91. The average molecular weight is 291 g/mol. The molecule has 21 heavy (non-hydrogen) atoms. The molecule has 1 heterocycles. The zero-order chi connectivity index (χ0) is 15.2. The van der Waals surface area contributed by atoms with E-state index in [1.807, 2.05) is 24.3 Å². The number of rotatable bonds is 6. The SMILES string of the molecule is CCOC(=O)CC(c1ccc(OC)cc1)C1CCC(=O)N1. The summed E-state index contributed by atoms with van der Waals surface area (Å²) in [5.41, 5.74) is 1.01. The zero-order valence-electron chi connectivity index (χ0n) is 12.4. The molecule has 2 rings (SSSR count). The normalized spacial score (nSPS) is 19.0. The molecule has 2 unspecified atom stereocenters. The molecule has 0 aliphatic carbocycles. The van der Waals surface area contributed by atoms with Crippen LogP contribution in [0.15, 0.2) is 24.3 Å². The van der Waals surface area contributed by atoms with Gasteiger partial charge in [0.05, 0.1) is 20.1 Å². The third-order valence-corrected chi connectivity index (χ3v) is 3.75. The summed E-state index contributed by atoms with van der Waals surface area (Å²) in [6.07, 6.45) is 1.53. The molecule has 2 atom stereocenters. The van der Waals surface area contributed by atoms with Crippen LogP contribution in [0.1, 0.15) is 37.7 Å². The van der Waals surface area contributed by atoms with Gasteiger partial charge in [0.15, 0.2) is 0 Å². The summed E-state index contributed by atoms with van der Waals surface area (Å²) in [7, 11) is 1.61. The van der Waals surface area contributed by atoms with Crippen LogP contribution in [0.4, 0.5) is 0 Å². The Kier molecular flexibility index (Phi) is 5.20. The third-order valence-electron chi connectivity index (χ3n) is 3.75. The van der Waals surface area contributed by atoms with Gasteiger partial charge in [0.1, 0.15) is 5.75 Å². The van der Waals surface area contributed by atoms with Crippen LogP contribution in [0, 0.1) is 0 Å². The first kappa shape index (κ1) is 15.4. The quantitative estimate of drug-likeness (QED) is 0.814. The van der Waals surface area contributed by atoms with Crippen molar-refractivity contribution >= 4 is 11.9 Å². The Hall–Kier alpha value is -2.04. The highest BCUT2D eigenvalue weighted by Gasteiger charge is 2.31. The Bertz CT molecular complexity index is 498. The fourth-order valence-electron chi connectivity index (χ4n) is 2.68. The maximum atomic E-state index is 11.8. The predicted molar refractivity (Wildman–Crippen MR) is 78.1 cm³/mol. The molecule has 1 fully saturated rings. The fourth-order valence-corrected chi connectivity index (χ4v) is 2.68. The van der Waals surface area contributed by atoms with Crippen molar-refractivity contribution in [2.45, 2.75) is 38.1 Å². The minimum Gasteiger partial charge on any atom is -0.497 e. The first-order chi connectivity index (χ1) is 10.1. The molecule has 1 aliphatic rings. The van der Waals surface area contributed by atoms with Gasteiger partial charge in [0.25, 0.3) is 0 Å². The van der Waals surface area contributed by atoms with Crippen LogP contribution in [-0.2, 0) is 14.3 Å². The highest BCUT2D eigenvalue weighted by Crippen LogP contribution is 2.30. The second-order valence-electron chi connectivity index (χ2n) is 5.10. The zero-order valence-corrected chi connectivity index (χ0v) is 12.4. The monoisotopic (exact) mass is 291 g/mol. The number of esters is 1. The standard InChI is InChI=1S/C16H21NO4/c1-3-21-16(19)10-13(14-8-9-15(18)17-14)11-4-6-12(20-2)7-5-11/h4-7,13-14H,3,8-10H2,1-2H3,(H,17,18). The van der Waals surface area contributed by atoms with E-state index in [1.165, 1.54) is 0 Å². The van der Waals surface area contributed by atoms with Gasteiger partial charge in [-0.25, -0.2) is 0 Å². The number of amides is 1. The molecule has 0 aromatic heterocycles. The molecule has 1 N–H and O–H groups in total. The van der Waals surface area contributed by atoms with E-state index in [1.54, 1.807) is 14.0 Å². The van der Waals surface area contributed by atoms with Crippen LogP contribution in [0.2, 0.25) is 0 Å². The molecule has 0 bridgehead atoms. The van der Waals surface area contributed by atoms with Crippen LogP contribution >= 0.6 is 0 Å². The van der Waals surface area contributed by atoms with Crippen molar-refractivity contribution in [1.29, 1.82) is 0 Å². The smallest absolute Gasteiger partial charge is 0.306 e. The molecule has 0 spiro atoms. The second-order valence-corrected chi connectivity index (χ2v) is 5.10. The summed E-state index contributed by atoms with van der Waals surface area (Å²) in [4.78, 5) is 23.3. The summed E-state index contributed by atoms with van der Waals surface area (Å²) in [6.45, 7) is 2.16. The number of hydrogen-bond acceptors (Lipinski definition) is 4. The van der Waals surface area contributed by atoms with Crippen molar-refractivity contribution in [1.82, 2.24) is 5.32 Å². The van der Waals surface area contributed by atoms with Crippen molar-refractivity contribution in [3.05, 3.63) is 29.8 Å². The van der Waals surface area contributed by atoms with Gasteiger partial charge in [0, 0.05) is 18.4 Å². The third kappa shape index (κ3) is 3.97. The number of methoxy groups -OCH3 is 1. The van der Waals surface area contributed by atoms with E-state index in [0.29, 0.717) is 13.0 Å². The van der Waals surface area contributed by atoms with Gasteiger partial charge in [-0.1, -0.05) is 12.1 Å². The van der Waals surface area contributed by atoms with Crippen molar-refractivity contribution in [3.63, 3.8) is 0 Å². The Morgan fingerprint density at radius 1 is 1.38 bits per heavy atom. The Morgan fingerprint density at radius 2 is 2.10 bits per heavy atom. The Labute approximate surface area is 124 Å². The van der Waals surface area contributed by atoms with Crippen molar-refractivity contribution in [2.75, 3.05) is 13.7 Å². The van der Waals surface area contributed by atoms with Gasteiger partial charge in [0.2, 0.25) is 5.91 Å². The topological polar surface area (TPSA) is 64.6 Å². The number of ether oxygens (including phenoxy) is 2. The van der Waals surface area contributed by atoms with Crippen LogP contribution in [0.3, 0.4) is 0 Å². The summed E-state index contributed by atoms with van der Waals surface area (Å²) >= 11 is 0. The summed E-state index contributed by atoms with van der Waals surface area (Å²) < 4.78 is 10.2. The van der Waals surface area contributed by atoms with E-state index in [-0.39, 0.29) is 30.3 Å². The van der Waals surface area contributed by atoms with Crippen LogP contribution in [0.25, 0.3) is 0 Å². The van der Waals surface area contributed by atoms with Crippen molar-refractivity contribution < 1.29 is 19.1 Å². The molecule has 1 aliphatic heterocycles. The van der Waals surface area contributed by atoms with Gasteiger partial charge in [-0.2, -0.15) is 0 Å². The maximum Gasteiger partial charge on any atom is 0.306 e. The molecule has 1 aromatic carbocycles. The van der Waals surface area contributed by atoms with E-state index < -0.39 is 0 Å². The van der Waals surface area contributed by atoms with E-state index >= 15 is 0 Å². The van der Waals surface area contributed by atoms with Crippen LogP contribution in [-0.4, -0.2) is 31.6 Å². The van der Waals surface area contributed by atoms with E-state index in [2.05, 4.69) is 5.32 Å². The number of carbonyl (C=O) groups is 2. The molecular formula is C16H21NO4. The number of carbonyl (C=O) groups excluding carboxylic acids is 2. The molecule has 5 nitrogen and oxygen atoms in total. The minimum atomic E-state index is -0.237. The van der Waals surface area contributed by atoms with Gasteiger partial charge >= 0.3 is 5.97 Å². The molecule has 1 saturated heterocycles. The molecular weight excluding hydrogens is 270 g/mol. The van der Waals surface area contributed by atoms with Gasteiger partial charge in [-0.3, -0.25) is 9.59 Å². The molecule has 0 radical (unpaired) electrons. The summed E-state index contributed by atoms with van der Waals surface area (Å²) in [5, 5.41) is 2.95. The van der Waals surface area contributed by atoms with Gasteiger partial charge in [-0.05, 0) is 31.0 Å². The first-order valence-corrected chi connectivity index (χ1v) is 7.23. The largest absolute Gasteiger partial charge is 0.497 e. The lowest BCUT2D eigenvalue weighted by atomic mass is 9.87. The second kappa shape index (κ2) is 7.11. The minimum absolute atomic E-state index is 0.0182. The summed E-state index contributed by atoms with van der Waals surface area (Å²) in [5.74, 6) is 0.507. The van der Waals surface area contributed by atoms with Crippen LogP contribution < -0.4 is 10.1 Å². The van der Waals surface area contributed by atoms with Gasteiger partial charge < -0.3 is 14.8 Å². The molecule has 5 heteroatoms. The number of benzene rings is 1. The highest BCUT2D eigenvalue weighted by molar-refractivity contribution is 5.79. The Morgan fingerprint density at radius 3 is 2.62 bits per heavy atom.